The van der Waals surface area contributed by atoms with E-state index in [1.54, 1.807) is 25.5 Å². The second-order valence-electron chi connectivity index (χ2n) is 4.79. The average Bonchev–Trinajstić information content (AvgIpc) is 2.97. The molecule has 6 nitrogen and oxygen atoms in total. The van der Waals surface area contributed by atoms with E-state index in [2.05, 4.69) is 25.6 Å². The average molecular weight is 273 g/mol. The van der Waals surface area contributed by atoms with E-state index >= 15 is 0 Å². The Balaban J connectivity index is 2.14. The topological polar surface area (TPSA) is 82.7 Å². The first-order valence-electron chi connectivity index (χ1n) is 6.56. The Labute approximate surface area is 118 Å². The summed E-state index contributed by atoms with van der Waals surface area (Å²) in [6, 6.07) is 3.56. The number of rotatable bonds is 5. The van der Waals surface area contributed by atoms with Crippen molar-refractivity contribution in [1.29, 1.82) is 0 Å². The molecule has 6 heteroatoms. The maximum atomic E-state index is 12.2. The number of aromatic nitrogens is 3. The minimum atomic E-state index is -0.137. The Morgan fingerprint density at radius 1 is 1.40 bits per heavy atom. The highest BCUT2D eigenvalue weighted by molar-refractivity contribution is 5.94. The summed E-state index contributed by atoms with van der Waals surface area (Å²) in [4.78, 5) is 23.6. The number of nitrogens with zero attached hydrogens (tertiary/aromatic N) is 2. The SMILES string of the molecule is CNc1cc(C(=O)NCc2ncc[nH]2)cc(C(C)C)n1. The lowest BCUT2D eigenvalue weighted by molar-refractivity contribution is 0.0950. The predicted octanol–water partition coefficient (Wildman–Crippen LogP) is 1.90. The zero-order chi connectivity index (χ0) is 14.5. The third kappa shape index (κ3) is 3.34. The van der Waals surface area contributed by atoms with Gasteiger partial charge in [0.05, 0.1) is 6.54 Å². The molecule has 0 atom stereocenters. The number of pyridine rings is 1. The number of hydrogen-bond acceptors (Lipinski definition) is 4. The Morgan fingerprint density at radius 3 is 2.80 bits per heavy atom. The Morgan fingerprint density at radius 2 is 2.20 bits per heavy atom. The Bertz CT molecular complexity index is 577. The lowest BCUT2D eigenvalue weighted by Gasteiger charge is -2.11. The first kappa shape index (κ1) is 14.0. The van der Waals surface area contributed by atoms with Crippen LogP contribution in [0, 0.1) is 0 Å². The largest absolute Gasteiger partial charge is 0.373 e. The summed E-state index contributed by atoms with van der Waals surface area (Å²) in [5, 5.41) is 5.81. The molecule has 0 aromatic carbocycles. The number of aromatic amines is 1. The van der Waals surface area contributed by atoms with Gasteiger partial charge in [-0.1, -0.05) is 13.8 Å². The Kier molecular flexibility index (Phi) is 4.34. The van der Waals surface area contributed by atoms with Crippen molar-refractivity contribution < 1.29 is 4.79 Å². The molecular weight excluding hydrogens is 254 g/mol. The van der Waals surface area contributed by atoms with Crippen LogP contribution < -0.4 is 10.6 Å². The second kappa shape index (κ2) is 6.18. The van der Waals surface area contributed by atoms with Gasteiger partial charge in [-0.15, -0.1) is 0 Å². The number of imidazole rings is 1. The maximum absolute atomic E-state index is 12.2. The van der Waals surface area contributed by atoms with E-state index in [0.29, 0.717) is 17.9 Å². The number of amides is 1. The zero-order valence-electron chi connectivity index (χ0n) is 11.9. The van der Waals surface area contributed by atoms with Crippen molar-refractivity contribution in [3.8, 4) is 0 Å². The number of carbonyl (C=O) groups is 1. The third-order valence-corrected chi connectivity index (χ3v) is 2.93. The molecule has 0 bridgehead atoms. The molecule has 0 unspecified atom stereocenters. The van der Waals surface area contributed by atoms with Crippen molar-refractivity contribution in [2.24, 2.45) is 0 Å². The van der Waals surface area contributed by atoms with Crippen LogP contribution in [0.3, 0.4) is 0 Å². The first-order valence-corrected chi connectivity index (χ1v) is 6.56. The third-order valence-electron chi connectivity index (χ3n) is 2.93. The fourth-order valence-corrected chi connectivity index (χ4v) is 1.77. The number of carbonyl (C=O) groups excluding carboxylic acids is 1. The van der Waals surface area contributed by atoms with E-state index in [1.807, 2.05) is 19.9 Å². The summed E-state index contributed by atoms with van der Waals surface area (Å²) < 4.78 is 0. The van der Waals surface area contributed by atoms with Gasteiger partial charge in [0.1, 0.15) is 11.6 Å². The molecule has 0 fully saturated rings. The van der Waals surface area contributed by atoms with Crippen molar-refractivity contribution in [1.82, 2.24) is 20.3 Å². The second-order valence-corrected chi connectivity index (χ2v) is 4.79. The van der Waals surface area contributed by atoms with E-state index in [4.69, 9.17) is 0 Å². The summed E-state index contributed by atoms with van der Waals surface area (Å²) >= 11 is 0. The van der Waals surface area contributed by atoms with Gasteiger partial charge < -0.3 is 15.6 Å². The summed E-state index contributed by atoms with van der Waals surface area (Å²) in [7, 11) is 1.79. The summed E-state index contributed by atoms with van der Waals surface area (Å²) in [6.45, 7) is 4.47. The monoisotopic (exact) mass is 273 g/mol. The van der Waals surface area contributed by atoms with Gasteiger partial charge >= 0.3 is 0 Å². The van der Waals surface area contributed by atoms with E-state index in [0.717, 1.165) is 11.5 Å². The Hall–Kier alpha value is -2.37. The van der Waals surface area contributed by atoms with Crippen molar-refractivity contribution in [3.63, 3.8) is 0 Å². The van der Waals surface area contributed by atoms with E-state index in [-0.39, 0.29) is 11.8 Å². The molecule has 2 rings (SSSR count). The maximum Gasteiger partial charge on any atom is 0.251 e. The van der Waals surface area contributed by atoms with Gasteiger partial charge in [-0.25, -0.2) is 9.97 Å². The lowest BCUT2D eigenvalue weighted by atomic mass is 10.1. The van der Waals surface area contributed by atoms with Gasteiger partial charge in [0.15, 0.2) is 0 Å². The number of anilines is 1. The van der Waals surface area contributed by atoms with Crippen molar-refractivity contribution >= 4 is 11.7 Å². The highest BCUT2D eigenvalue weighted by Gasteiger charge is 2.11. The lowest BCUT2D eigenvalue weighted by Crippen LogP contribution is -2.24. The molecule has 2 aromatic rings. The molecule has 0 spiro atoms. The molecule has 2 heterocycles. The van der Waals surface area contributed by atoms with Crippen LogP contribution in [0.4, 0.5) is 5.82 Å². The quantitative estimate of drug-likeness (QED) is 0.777. The van der Waals surface area contributed by atoms with E-state index in [1.165, 1.54) is 0 Å². The molecule has 0 aliphatic heterocycles. The number of H-pyrrole nitrogens is 1. The van der Waals surface area contributed by atoms with Crippen LogP contribution in [0.1, 0.15) is 41.6 Å². The van der Waals surface area contributed by atoms with Crippen LogP contribution in [-0.4, -0.2) is 27.9 Å². The number of hydrogen-bond donors (Lipinski definition) is 3. The zero-order valence-corrected chi connectivity index (χ0v) is 11.9. The molecule has 0 saturated heterocycles. The molecule has 3 N–H and O–H groups in total. The highest BCUT2D eigenvalue weighted by Crippen LogP contribution is 2.17. The standard InChI is InChI=1S/C14H19N5O/c1-9(2)11-6-10(7-12(15-3)19-11)14(20)18-8-13-16-4-5-17-13/h4-7,9H,8H2,1-3H3,(H,15,19)(H,16,17)(H,18,20). The van der Waals surface area contributed by atoms with Crippen LogP contribution >= 0.6 is 0 Å². The van der Waals surface area contributed by atoms with E-state index < -0.39 is 0 Å². The van der Waals surface area contributed by atoms with Crippen LogP contribution in [0.5, 0.6) is 0 Å². The highest BCUT2D eigenvalue weighted by atomic mass is 16.1. The van der Waals surface area contributed by atoms with Crippen LogP contribution in [0.15, 0.2) is 24.5 Å². The predicted molar refractivity (Wildman–Crippen MR) is 77.6 cm³/mol. The molecule has 0 radical (unpaired) electrons. The minimum absolute atomic E-state index is 0.137. The molecular formula is C14H19N5O. The van der Waals surface area contributed by atoms with Gasteiger partial charge in [-0.3, -0.25) is 4.79 Å². The summed E-state index contributed by atoms with van der Waals surface area (Å²) in [5.41, 5.74) is 1.49. The van der Waals surface area contributed by atoms with E-state index in [9.17, 15) is 4.79 Å². The smallest absolute Gasteiger partial charge is 0.251 e. The van der Waals surface area contributed by atoms with Crippen molar-refractivity contribution in [2.75, 3.05) is 12.4 Å². The number of nitrogens with one attached hydrogen (secondary N) is 3. The van der Waals surface area contributed by atoms with Crippen LogP contribution in [-0.2, 0) is 6.54 Å². The van der Waals surface area contributed by atoms with Gasteiger partial charge in [0.25, 0.3) is 5.91 Å². The van der Waals surface area contributed by atoms with Gasteiger partial charge in [0.2, 0.25) is 0 Å². The molecule has 2 aromatic heterocycles. The van der Waals surface area contributed by atoms with Crippen molar-refractivity contribution in [2.45, 2.75) is 26.3 Å². The van der Waals surface area contributed by atoms with Crippen molar-refractivity contribution in [3.05, 3.63) is 41.6 Å². The minimum Gasteiger partial charge on any atom is -0.373 e. The summed E-state index contributed by atoms with van der Waals surface area (Å²) in [6.07, 6.45) is 3.38. The van der Waals surface area contributed by atoms with Gasteiger partial charge in [0, 0.05) is 30.7 Å². The van der Waals surface area contributed by atoms with Crippen LogP contribution in [0.25, 0.3) is 0 Å². The first-order chi connectivity index (χ1) is 9.60. The fourth-order valence-electron chi connectivity index (χ4n) is 1.77. The van der Waals surface area contributed by atoms with Gasteiger partial charge in [-0.05, 0) is 18.1 Å². The molecule has 106 valence electrons. The molecule has 0 aliphatic carbocycles. The fraction of sp³-hybridized carbons (Fsp3) is 0.357. The molecule has 1 amide bonds. The molecule has 20 heavy (non-hydrogen) atoms. The normalized spacial score (nSPS) is 10.6. The van der Waals surface area contributed by atoms with Gasteiger partial charge in [-0.2, -0.15) is 0 Å². The molecule has 0 saturated carbocycles. The summed E-state index contributed by atoms with van der Waals surface area (Å²) in [5.74, 6) is 1.55. The van der Waals surface area contributed by atoms with Crippen LogP contribution in [0.2, 0.25) is 0 Å². The molecule has 0 aliphatic rings.